The average Bonchev–Trinajstić information content (AvgIpc) is 2.72. The molecule has 2 rings (SSSR count). The van der Waals surface area contributed by atoms with Crippen LogP contribution in [0.1, 0.15) is 28.7 Å². The molecule has 0 bridgehead atoms. The third-order valence-corrected chi connectivity index (χ3v) is 3.48. The van der Waals surface area contributed by atoms with Crippen molar-refractivity contribution >= 4 is 17.3 Å². The van der Waals surface area contributed by atoms with Crippen LogP contribution < -0.4 is 10.6 Å². The molecule has 0 aliphatic rings. The second-order valence-corrected chi connectivity index (χ2v) is 4.84. The van der Waals surface area contributed by atoms with Crippen molar-refractivity contribution < 1.29 is 4.79 Å². The maximum Gasteiger partial charge on any atom is 0.278 e. The highest BCUT2D eigenvalue weighted by Gasteiger charge is 2.23. The zero-order valence-electron chi connectivity index (χ0n) is 12.3. The molecule has 106 valence electrons. The van der Waals surface area contributed by atoms with Crippen LogP contribution in [0.2, 0.25) is 0 Å². The molecule has 2 aromatic rings. The van der Waals surface area contributed by atoms with Crippen molar-refractivity contribution in [2.24, 2.45) is 7.05 Å². The van der Waals surface area contributed by atoms with E-state index in [1.807, 2.05) is 38.1 Å². The number of nitrogen functional groups attached to an aromatic ring is 1. The highest BCUT2D eigenvalue weighted by Crippen LogP contribution is 2.23. The highest BCUT2D eigenvalue weighted by molar-refractivity contribution is 6.08. The SMILES string of the molecule is CCc1nn(C)c(C(=O)N(C)c2ccccc2C)c1N. The molecule has 0 spiro atoms. The number of aryl methyl sites for hydroxylation is 3. The molecule has 1 heterocycles. The van der Waals surface area contributed by atoms with Crippen molar-refractivity contribution in [3.63, 3.8) is 0 Å². The Kier molecular flexibility index (Phi) is 3.79. The summed E-state index contributed by atoms with van der Waals surface area (Å²) in [6.45, 7) is 3.95. The molecular weight excluding hydrogens is 252 g/mol. The van der Waals surface area contributed by atoms with Gasteiger partial charge in [0.2, 0.25) is 0 Å². The molecule has 1 amide bonds. The normalized spacial score (nSPS) is 10.6. The molecule has 0 aliphatic carbocycles. The first-order valence-corrected chi connectivity index (χ1v) is 6.62. The Hall–Kier alpha value is -2.30. The van der Waals surface area contributed by atoms with Crippen molar-refractivity contribution in [3.05, 3.63) is 41.2 Å². The summed E-state index contributed by atoms with van der Waals surface area (Å²) >= 11 is 0. The predicted octanol–water partition coefficient (Wildman–Crippen LogP) is 2.15. The molecule has 1 aromatic carbocycles. The third kappa shape index (κ3) is 2.27. The van der Waals surface area contributed by atoms with Gasteiger partial charge in [-0.25, -0.2) is 0 Å². The first-order valence-electron chi connectivity index (χ1n) is 6.62. The maximum absolute atomic E-state index is 12.7. The van der Waals surface area contributed by atoms with Crippen LogP contribution in [-0.4, -0.2) is 22.7 Å². The number of hydrogen-bond donors (Lipinski definition) is 1. The largest absolute Gasteiger partial charge is 0.395 e. The number of benzene rings is 1. The Morgan fingerprint density at radius 1 is 1.40 bits per heavy atom. The molecule has 0 saturated heterocycles. The summed E-state index contributed by atoms with van der Waals surface area (Å²) in [5.74, 6) is -0.147. The summed E-state index contributed by atoms with van der Waals surface area (Å²) in [5.41, 5.74) is 9.62. The van der Waals surface area contributed by atoms with Gasteiger partial charge in [0.15, 0.2) is 0 Å². The van der Waals surface area contributed by atoms with Gasteiger partial charge in [0, 0.05) is 19.8 Å². The van der Waals surface area contributed by atoms with E-state index in [2.05, 4.69) is 5.10 Å². The van der Waals surface area contributed by atoms with Gasteiger partial charge in [0.25, 0.3) is 5.91 Å². The monoisotopic (exact) mass is 272 g/mol. The Bertz CT molecular complexity index is 645. The van der Waals surface area contributed by atoms with Crippen LogP contribution in [-0.2, 0) is 13.5 Å². The number of anilines is 2. The lowest BCUT2D eigenvalue weighted by Crippen LogP contribution is -2.29. The van der Waals surface area contributed by atoms with E-state index < -0.39 is 0 Å². The Morgan fingerprint density at radius 3 is 2.60 bits per heavy atom. The number of rotatable bonds is 3. The smallest absolute Gasteiger partial charge is 0.278 e. The lowest BCUT2D eigenvalue weighted by Gasteiger charge is -2.19. The summed E-state index contributed by atoms with van der Waals surface area (Å²) in [6.07, 6.45) is 0.709. The maximum atomic E-state index is 12.7. The van der Waals surface area contributed by atoms with Crippen molar-refractivity contribution in [1.82, 2.24) is 9.78 Å². The number of carbonyl (C=O) groups is 1. The van der Waals surface area contributed by atoms with E-state index >= 15 is 0 Å². The van der Waals surface area contributed by atoms with Crippen LogP contribution >= 0.6 is 0 Å². The van der Waals surface area contributed by atoms with Crippen LogP contribution in [0.3, 0.4) is 0 Å². The summed E-state index contributed by atoms with van der Waals surface area (Å²) in [7, 11) is 3.50. The van der Waals surface area contributed by atoms with Gasteiger partial charge in [0.05, 0.1) is 11.4 Å². The number of aromatic nitrogens is 2. The van der Waals surface area contributed by atoms with E-state index in [9.17, 15) is 4.79 Å². The molecule has 0 fully saturated rings. The Labute approximate surface area is 119 Å². The van der Waals surface area contributed by atoms with Gasteiger partial charge < -0.3 is 10.6 Å². The molecule has 2 N–H and O–H groups in total. The Balaban J connectivity index is 2.42. The molecule has 0 atom stereocenters. The lowest BCUT2D eigenvalue weighted by atomic mass is 10.1. The second-order valence-electron chi connectivity index (χ2n) is 4.84. The molecule has 0 aliphatic heterocycles. The van der Waals surface area contributed by atoms with Crippen molar-refractivity contribution in [2.75, 3.05) is 17.7 Å². The average molecular weight is 272 g/mol. The first-order chi connectivity index (χ1) is 9.47. The molecule has 0 saturated carbocycles. The van der Waals surface area contributed by atoms with E-state index in [0.29, 0.717) is 17.8 Å². The topological polar surface area (TPSA) is 64.2 Å². The molecular formula is C15H20N4O. The molecule has 5 heteroatoms. The summed E-state index contributed by atoms with van der Waals surface area (Å²) in [6, 6.07) is 7.75. The van der Waals surface area contributed by atoms with E-state index in [0.717, 1.165) is 16.9 Å². The second kappa shape index (κ2) is 5.36. The number of para-hydroxylation sites is 1. The van der Waals surface area contributed by atoms with Gasteiger partial charge >= 0.3 is 0 Å². The molecule has 20 heavy (non-hydrogen) atoms. The predicted molar refractivity (Wildman–Crippen MR) is 80.9 cm³/mol. The quantitative estimate of drug-likeness (QED) is 0.931. The number of carbonyl (C=O) groups excluding carboxylic acids is 1. The standard InChI is InChI=1S/C15H20N4O/c1-5-11-13(16)14(19(4)17-11)15(20)18(3)12-9-7-6-8-10(12)2/h6-9H,5,16H2,1-4H3. The van der Waals surface area contributed by atoms with Crippen LogP contribution in [0, 0.1) is 6.92 Å². The van der Waals surface area contributed by atoms with Crippen LogP contribution in [0.4, 0.5) is 11.4 Å². The van der Waals surface area contributed by atoms with E-state index in [1.165, 1.54) is 0 Å². The van der Waals surface area contributed by atoms with E-state index in [-0.39, 0.29) is 5.91 Å². The van der Waals surface area contributed by atoms with Gasteiger partial charge in [-0.3, -0.25) is 9.48 Å². The third-order valence-electron chi connectivity index (χ3n) is 3.48. The van der Waals surface area contributed by atoms with Crippen molar-refractivity contribution in [1.29, 1.82) is 0 Å². The molecule has 5 nitrogen and oxygen atoms in total. The van der Waals surface area contributed by atoms with Gasteiger partial charge in [-0.15, -0.1) is 0 Å². The molecule has 0 unspecified atom stereocenters. The van der Waals surface area contributed by atoms with E-state index in [4.69, 9.17) is 5.73 Å². The zero-order chi connectivity index (χ0) is 14.9. The fourth-order valence-electron chi connectivity index (χ4n) is 2.32. The fraction of sp³-hybridized carbons (Fsp3) is 0.333. The summed E-state index contributed by atoms with van der Waals surface area (Å²) < 4.78 is 1.56. The summed E-state index contributed by atoms with van der Waals surface area (Å²) in [5, 5.41) is 4.29. The van der Waals surface area contributed by atoms with Gasteiger partial charge in [-0.1, -0.05) is 25.1 Å². The summed E-state index contributed by atoms with van der Waals surface area (Å²) in [4.78, 5) is 14.3. The van der Waals surface area contributed by atoms with Crippen molar-refractivity contribution in [2.45, 2.75) is 20.3 Å². The molecule has 0 radical (unpaired) electrons. The number of hydrogen-bond acceptors (Lipinski definition) is 3. The minimum absolute atomic E-state index is 0.147. The number of nitrogens with zero attached hydrogens (tertiary/aromatic N) is 3. The molecule has 1 aromatic heterocycles. The van der Waals surface area contributed by atoms with Gasteiger partial charge in [-0.05, 0) is 25.0 Å². The Morgan fingerprint density at radius 2 is 2.05 bits per heavy atom. The van der Waals surface area contributed by atoms with E-state index in [1.54, 1.807) is 23.7 Å². The number of nitrogens with two attached hydrogens (primary N) is 1. The number of amides is 1. The highest BCUT2D eigenvalue weighted by atomic mass is 16.2. The first kappa shape index (κ1) is 14.1. The lowest BCUT2D eigenvalue weighted by molar-refractivity contribution is 0.0985. The van der Waals surface area contributed by atoms with Crippen molar-refractivity contribution in [3.8, 4) is 0 Å². The fourth-order valence-corrected chi connectivity index (χ4v) is 2.32. The van der Waals surface area contributed by atoms with Crippen LogP contribution in [0.15, 0.2) is 24.3 Å². The van der Waals surface area contributed by atoms with Gasteiger partial charge in [-0.2, -0.15) is 5.10 Å². The minimum atomic E-state index is -0.147. The van der Waals surface area contributed by atoms with Crippen LogP contribution in [0.5, 0.6) is 0 Å². The zero-order valence-corrected chi connectivity index (χ0v) is 12.3. The van der Waals surface area contributed by atoms with Crippen LogP contribution in [0.25, 0.3) is 0 Å². The minimum Gasteiger partial charge on any atom is -0.395 e. The van der Waals surface area contributed by atoms with Gasteiger partial charge in [0.1, 0.15) is 5.69 Å².